The van der Waals surface area contributed by atoms with Gasteiger partial charge in [0.15, 0.2) is 0 Å². The number of nitrogens with one attached hydrogen (secondary N) is 1. The number of aromatic nitrogens is 2. The maximum absolute atomic E-state index is 12.6. The molecule has 0 spiro atoms. The van der Waals surface area contributed by atoms with Crippen LogP contribution in [-0.2, 0) is 11.3 Å². The van der Waals surface area contributed by atoms with Crippen molar-refractivity contribution in [3.8, 4) is 0 Å². The number of rotatable bonds is 7. The van der Waals surface area contributed by atoms with Crippen LogP contribution in [0.2, 0.25) is 0 Å². The Bertz CT molecular complexity index is 797. The van der Waals surface area contributed by atoms with E-state index in [1.807, 2.05) is 29.8 Å². The smallest absolute Gasteiger partial charge is 0.325 e. The summed E-state index contributed by atoms with van der Waals surface area (Å²) < 4.78 is 1.98. The summed E-state index contributed by atoms with van der Waals surface area (Å²) in [7, 11) is 0. The molecule has 0 bridgehead atoms. The lowest BCUT2D eigenvalue weighted by Gasteiger charge is -2.19. The van der Waals surface area contributed by atoms with E-state index in [1.165, 1.54) is 5.56 Å². The van der Waals surface area contributed by atoms with Crippen molar-refractivity contribution in [1.82, 2.24) is 19.8 Å². The van der Waals surface area contributed by atoms with Gasteiger partial charge in [0, 0.05) is 44.3 Å². The van der Waals surface area contributed by atoms with Crippen molar-refractivity contribution in [1.29, 1.82) is 0 Å². The molecule has 1 saturated heterocycles. The third kappa shape index (κ3) is 4.48. The van der Waals surface area contributed by atoms with Crippen molar-refractivity contribution >= 4 is 17.6 Å². The molecular formula is C20H27N5O2. The van der Waals surface area contributed by atoms with E-state index in [-0.39, 0.29) is 18.5 Å². The first-order valence-electron chi connectivity index (χ1n) is 9.36. The van der Waals surface area contributed by atoms with E-state index in [0.717, 1.165) is 11.5 Å². The predicted octanol–water partition coefficient (Wildman–Crippen LogP) is 2.37. The molecule has 0 unspecified atom stereocenters. The molecule has 3 rings (SSSR count). The van der Waals surface area contributed by atoms with E-state index in [0.29, 0.717) is 32.1 Å². The number of amides is 3. The second-order valence-electron chi connectivity index (χ2n) is 7.12. The lowest BCUT2D eigenvalue weighted by molar-refractivity contribution is -0.121. The molecule has 1 fully saturated rings. The highest BCUT2D eigenvalue weighted by molar-refractivity contribution is 5.96. The van der Waals surface area contributed by atoms with Crippen molar-refractivity contribution in [2.45, 2.75) is 33.2 Å². The quantitative estimate of drug-likeness (QED) is 0.815. The maximum atomic E-state index is 12.6. The van der Waals surface area contributed by atoms with Crippen LogP contribution in [-0.4, -0.2) is 52.6 Å². The minimum absolute atomic E-state index is 0.0856. The number of nitrogens with zero attached hydrogens (tertiary/aromatic N) is 4. The van der Waals surface area contributed by atoms with Gasteiger partial charge in [-0.2, -0.15) is 0 Å². The highest BCUT2D eigenvalue weighted by atomic mass is 16.2. The number of hydrogen-bond acceptors (Lipinski definition) is 3. The van der Waals surface area contributed by atoms with Crippen LogP contribution >= 0.6 is 0 Å². The van der Waals surface area contributed by atoms with E-state index < -0.39 is 0 Å². The monoisotopic (exact) mass is 369 g/mol. The number of aryl methyl sites for hydroxylation is 1. The number of carbonyl (C=O) groups is 2. The summed E-state index contributed by atoms with van der Waals surface area (Å²) in [5.74, 6) is 1.23. The fourth-order valence-corrected chi connectivity index (χ4v) is 3.19. The first kappa shape index (κ1) is 18.9. The molecule has 7 heteroatoms. The first-order chi connectivity index (χ1) is 13.0. The SMILES string of the molecule is Cc1nccn1CCNC(=O)CN1CCN(c2ccc(C(C)C)cc2)C1=O. The molecule has 1 N–H and O–H groups in total. The number of imidazole rings is 1. The molecule has 0 aliphatic carbocycles. The highest BCUT2D eigenvalue weighted by Crippen LogP contribution is 2.23. The molecule has 3 amide bonds. The van der Waals surface area contributed by atoms with Crippen LogP contribution in [0.3, 0.4) is 0 Å². The van der Waals surface area contributed by atoms with Gasteiger partial charge in [0.25, 0.3) is 0 Å². The Labute approximate surface area is 160 Å². The summed E-state index contributed by atoms with van der Waals surface area (Å²) in [5, 5.41) is 2.87. The van der Waals surface area contributed by atoms with Gasteiger partial charge in [-0.05, 0) is 30.5 Å². The first-order valence-corrected chi connectivity index (χ1v) is 9.36. The zero-order chi connectivity index (χ0) is 19.4. The van der Waals surface area contributed by atoms with Gasteiger partial charge in [0.2, 0.25) is 5.91 Å². The normalized spacial score (nSPS) is 14.3. The van der Waals surface area contributed by atoms with Crippen molar-refractivity contribution in [3.63, 3.8) is 0 Å². The number of hydrogen-bond donors (Lipinski definition) is 1. The van der Waals surface area contributed by atoms with Crippen LogP contribution in [0.25, 0.3) is 0 Å². The van der Waals surface area contributed by atoms with Gasteiger partial charge in [0.05, 0.1) is 0 Å². The molecule has 1 aliphatic rings. The molecule has 27 heavy (non-hydrogen) atoms. The van der Waals surface area contributed by atoms with Crippen molar-refractivity contribution in [3.05, 3.63) is 48.0 Å². The van der Waals surface area contributed by atoms with E-state index in [4.69, 9.17) is 0 Å². The Morgan fingerprint density at radius 1 is 1.22 bits per heavy atom. The lowest BCUT2D eigenvalue weighted by Crippen LogP contribution is -2.40. The zero-order valence-corrected chi connectivity index (χ0v) is 16.2. The highest BCUT2D eigenvalue weighted by Gasteiger charge is 2.30. The molecule has 0 saturated carbocycles. The third-order valence-corrected chi connectivity index (χ3v) is 4.90. The molecule has 2 heterocycles. The Morgan fingerprint density at radius 2 is 1.96 bits per heavy atom. The summed E-state index contributed by atoms with van der Waals surface area (Å²) in [6.45, 7) is 8.63. The molecular weight excluding hydrogens is 342 g/mol. The van der Waals surface area contributed by atoms with Gasteiger partial charge in [-0.25, -0.2) is 9.78 Å². The van der Waals surface area contributed by atoms with Crippen molar-refractivity contribution in [2.24, 2.45) is 0 Å². The zero-order valence-electron chi connectivity index (χ0n) is 16.2. The van der Waals surface area contributed by atoms with Crippen molar-refractivity contribution < 1.29 is 9.59 Å². The number of anilines is 1. The van der Waals surface area contributed by atoms with Crippen LogP contribution in [0.15, 0.2) is 36.7 Å². The minimum atomic E-state index is -0.141. The second kappa shape index (κ2) is 8.24. The van der Waals surface area contributed by atoms with Crippen LogP contribution in [0.1, 0.15) is 31.2 Å². The molecule has 1 aliphatic heterocycles. The molecule has 7 nitrogen and oxygen atoms in total. The van der Waals surface area contributed by atoms with E-state index in [2.05, 4.69) is 36.3 Å². The van der Waals surface area contributed by atoms with E-state index in [9.17, 15) is 9.59 Å². The van der Waals surface area contributed by atoms with E-state index in [1.54, 1.807) is 16.0 Å². The fraction of sp³-hybridized carbons (Fsp3) is 0.450. The average molecular weight is 369 g/mol. The molecule has 1 aromatic heterocycles. The predicted molar refractivity (Wildman–Crippen MR) is 105 cm³/mol. The van der Waals surface area contributed by atoms with Crippen LogP contribution < -0.4 is 10.2 Å². The topological polar surface area (TPSA) is 70.5 Å². The second-order valence-corrected chi connectivity index (χ2v) is 7.12. The Balaban J connectivity index is 1.49. The molecule has 2 aromatic rings. The Kier molecular flexibility index (Phi) is 5.78. The van der Waals surface area contributed by atoms with Gasteiger partial charge in [-0.3, -0.25) is 9.69 Å². The van der Waals surface area contributed by atoms with Gasteiger partial charge >= 0.3 is 6.03 Å². The lowest BCUT2D eigenvalue weighted by atomic mass is 10.0. The number of carbonyl (C=O) groups excluding carboxylic acids is 2. The molecule has 1 aromatic carbocycles. The Hall–Kier alpha value is -2.83. The largest absolute Gasteiger partial charge is 0.353 e. The molecule has 0 radical (unpaired) electrons. The van der Waals surface area contributed by atoms with Crippen molar-refractivity contribution in [2.75, 3.05) is 31.1 Å². The standard InChI is InChI=1S/C20H27N5O2/c1-15(2)17-4-6-18(7-5-17)25-13-12-24(20(25)27)14-19(26)22-9-11-23-10-8-21-16(23)3/h4-8,10,15H,9,11-14H2,1-3H3,(H,22,26). The molecule has 144 valence electrons. The Morgan fingerprint density at radius 3 is 2.59 bits per heavy atom. The average Bonchev–Trinajstić information content (AvgIpc) is 3.21. The van der Waals surface area contributed by atoms with E-state index >= 15 is 0 Å². The maximum Gasteiger partial charge on any atom is 0.325 e. The summed E-state index contributed by atoms with van der Waals surface area (Å²) >= 11 is 0. The number of urea groups is 1. The summed E-state index contributed by atoms with van der Waals surface area (Å²) in [4.78, 5) is 32.3. The minimum Gasteiger partial charge on any atom is -0.353 e. The number of benzene rings is 1. The van der Waals surface area contributed by atoms with Gasteiger partial charge < -0.3 is 14.8 Å². The van der Waals surface area contributed by atoms with Crippen LogP contribution in [0.4, 0.5) is 10.5 Å². The summed E-state index contributed by atoms with van der Waals surface area (Å²) in [5.41, 5.74) is 2.12. The third-order valence-electron chi connectivity index (χ3n) is 4.90. The van der Waals surface area contributed by atoms with Crippen LogP contribution in [0, 0.1) is 6.92 Å². The fourth-order valence-electron chi connectivity index (χ4n) is 3.19. The van der Waals surface area contributed by atoms with Crippen LogP contribution in [0.5, 0.6) is 0 Å². The summed E-state index contributed by atoms with van der Waals surface area (Å²) in [6, 6.07) is 7.95. The summed E-state index contributed by atoms with van der Waals surface area (Å²) in [6.07, 6.45) is 3.62. The van der Waals surface area contributed by atoms with Gasteiger partial charge in [-0.15, -0.1) is 0 Å². The van der Waals surface area contributed by atoms with Gasteiger partial charge in [0.1, 0.15) is 12.4 Å². The van der Waals surface area contributed by atoms with Gasteiger partial charge in [-0.1, -0.05) is 26.0 Å². The molecule has 0 atom stereocenters.